The largest absolute Gasteiger partial charge is 0.493 e. The lowest BCUT2D eigenvalue weighted by molar-refractivity contribution is 0.0923. The first-order valence-electron chi connectivity index (χ1n) is 8.40. The first kappa shape index (κ1) is 16.1. The second kappa shape index (κ2) is 6.84. The van der Waals surface area contributed by atoms with E-state index in [0.717, 1.165) is 11.3 Å². The van der Waals surface area contributed by atoms with Crippen molar-refractivity contribution in [1.82, 2.24) is 15.3 Å². The topological polar surface area (TPSA) is 84.1 Å². The average Bonchev–Trinajstić information content (AvgIpc) is 2.69. The Morgan fingerprint density at radius 1 is 1.12 bits per heavy atom. The molecular formula is C20H17N3O3. The highest BCUT2D eigenvalue weighted by atomic mass is 16.5. The number of amides is 1. The number of hydrogen-bond donors (Lipinski definition) is 2. The van der Waals surface area contributed by atoms with E-state index in [-0.39, 0.29) is 11.6 Å². The van der Waals surface area contributed by atoms with Gasteiger partial charge in [-0.1, -0.05) is 24.3 Å². The molecular weight excluding hydrogens is 330 g/mol. The van der Waals surface area contributed by atoms with Gasteiger partial charge in [-0.05, 0) is 30.3 Å². The van der Waals surface area contributed by atoms with Gasteiger partial charge in [0.1, 0.15) is 11.3 Å². The van der Waals surface area contributed by atoms with E-state index >= 15 is 0 Å². The zero-order valence-electron chi connectivity index (χ0n) is 13.9. The summed E-state index contributed by atoms with van der Waals surface area (Å²) in [6, 6.07) is 16.1. The minimum Gasteiger partial charge on any atom is -0.493 e. The Kier molecular flexibility index (Phi) is 4.23. The molecule has 0 saturated heterocycles. The number of para-hydroxylation sites is 1. The van der Waals surface area contributed by atoms with Crippen LogP contribution in [0.2, 0.25) is 0 Å². The predicted molar refractivity (Wildman–Crippen MR) is 97.1 cm³/mol. The second-order valence-corrected chi connectivity index (χ2v) is 6.03. The van der Waals surface area contributed by atoms with Crippen molar-refractivity contribution in [2.45, 2.75) is 12.5 Å². The molecule has 1 aromatic carbocycles. The molecule has 2 aromatic heterocycles. The third kappa shape index (κ3) is 3.09. The Morgan fingerprint density at radius 3 is 2.77 bits per heavy atom. The number of rotatable bonds is 3. The maximum atomic E-state index is 12.6. The fourth-order valence-electron chi connectivity index (χ4n) is 3.05. The number of carbonyl (C=O) groups is 1. The summed E-state index contributed by atoms with van der Waals surface area (Å²) in [7, 11) is 0. The van der Waals surface area contributed by atoms with E-state index in [1.807, 2.05) is 30.3 Å². The van der Waals surface area contributed by atoms with Crippen molar-refractivity contribution in [3.05, 3.63) is 82.3 Å². The van der Waals surface area contributed by atoms with Gasteiger partial charge >= 0.3 is 0 Å². The SMILES string of the molecule is O=C(NC1CCOc2ccccc21)c1ccc(-c2ccccn2)[nH]c1=O. The Balaban J connectivity index is 1.57. The molecule has 26 heavy (non-hydrogen) atoms. The molecule has 0 bridgehead atoms. The summed E-state index contributed by atoms with van der Waals surface area (Å²) in [6.45, 7) is 0.525. The summed E-state index contributed by atoms with van der Waals surface area (Å²) < 4.78 is 5.60. The summed E-state index contributed by atoms with van der Waals surface area (Å²) in [4.78, 5) is 31.9. The van der Waals surface area contributed by atoms with Crippen molar-refractivity contribution < 1.29 is 9.53 Å². The fraction of sp³-hybridized carbons (Fsp3) is 0.150. The normalized spacial score (nSPS) is 15.6. The Hall–Kier alpha value is -3.41. The van der Waals surface area contributed by atoms with Gasteiger partial charge in [0.15, 0.2) is 0 Å². The van der Waals surface area contributed by atoms with Gasteiger partial charge in [-0.15, -0.1) is 0 Å². The summed E-state index contributed by atoms with van der Waals surface area (Å²) in [5.41, 5.74) is 1.78. The van der Waals surface area contributed by atoms with E-state index in [0.29, 0.717) is 24.4 Å². The molecule has 0 fully saturated rings. The van der Waals surface area contributed by atoms with Crippen molar-refractivity contribution in [2.75, 3.05) is 6.61 Å². The van der Waals surface area contributed by atoms with Gasteiger partial charge < -0.3 is 15.0 Å². The highest BCUT2D eigenvalue weighted by molar-refractivity contribution is 5.94. The highest BCUT2D eigenvalue weighted by Crippen LogP contribution is 2.31. The maximum Gasteiger partial charge on any atom is 0.261 e. The molecule has 0 spiro atoms. The lowest BCUT2D eigenvalue weighted by atomic mass is 10.0. The van der Waals surface area contributed by atoms with Crippen molar-refractivity contribution in [1.29, 1.82) is 0 Å². The zero-order chi connectivity index (χ0) is 17.9. The van der Waals surface area contributed by atoms with Crippen LogP contribution in [0.5, 0.6) is 5.75 Å². The predicted octanol–water partition coefficient (Wildman–Crippen LogP) is 2.69. The number of pyridine rings is 2. The van der Waals surface area contributed by atoms with Crippen molar-refractivity contribution in [3.8, 4) is 17.1 Å². The highest BCUT2D eigenvalue weighted by Gasteiger charge is 2.24. The average molecular weight is 347 g/mol. The van der Waals surface area contributed by atoms with Gasteiger partial charge in [0, 0.05) is 18.2 Å². The minimum atomic E-state index is -0.439. The van der Waals surface area contributed by atoms with E-state index in [2.05, 4.69) is 15.3 Å². The molecule has 6 heteroatoms. The Morgan fingerprint density at radius 2 is 1.96 bits per heavy atom. The Labute approximate surface area is 149 Å². The monoisotopic (exact) mass is 347 g/mol. The summed E-state index contributed by atoms with van der Waals surface area (Å²) in [6.07, 6.45) is 2.31. The van der Waals surface area contributed by atoms with Crippen LogP contribution in [0, 0.1) is 0 Å². The molecule has 1 amide bonds. The number of benzene rings is 1. The molecule has 0 radical (unpaired) electrons. The maximum absolute atomic E-state index is 12.6. The molecule has 0 aliphatic carbocycles. The Bertz CT molecular complexity index is 998. The van der Waals surface area contributed by atoms with Crippen LogP contribution in [-0.4, -0.2) is 22.5 Å². The first-order valence-corrected chi connectivity index (χ1v) is 8.40. The zero-order valence-corrected chi connectivity index (χ0v) is 13.9. The molecule has 4 rings (SSSR count). The van der Waals surface area contributed by atoms with Crippen LogP contribution in [0.4, 0.5) is 0 Å². The molecule has 0 saturated carbocycles. The third-order valence-electron chi connectivity index (χ3n) is 4.36. The summed E-state index contributed by atoms with van der Waals surface area (Å²) >= 11 is 0. The van der Waals surface area contributed by atoms with Gasteiger partial charge in [0.25, 0.3) is 11.5 Å². The van der Waals surface area contributed by atoms with E-state index in [4.69, 9.17) is 4.74 Å². The van der Waals surface area contributed by atoms with Crippen LogP contribution in [0.25, 0.3) is 11.4 Å². The van der Waals surface area contributed by atoms with Crippen LogP contribution >= 0.6 is 0 Å². The molecule has 6 nitrogen and oxygen atoms in total. The fourth-order valence-corrected chi connectivity index (χ4v) is 3.05. The van der Waals surface area contributed by atoms with E-state index in [9.17, 15) is 9.59 Å². The molecule has 3 heterocycles. The number of ether oxygens (including phenoxy) is 1. The quantitative estimate of drug-likeness (QED) is 0.763. The van der Waals surface area contributed by atoms with E-state index in [1.54, 1.807) is 24.4 Å². The number of fused-ring (bicyclic) bond motifs is 1. The molecule has 130 valence electrons. The number of nitrogens with one attached hydrogen (secondary N) is 2. The molecule has 3 aromatic rings. The molecule has 2 N–H and O–H groups in total. The summed E-state index contributed by atoms with van der Waals surface area (Å²) in [5.74, 6) is 0.365. The number of H-pyrrole nitrogens is 1. The van der Waals surface area contributed by atoms with Gasteiger partial charge in [-0.25, -0.2) is 0 Å². The van der Waals surface area contributed by atoms with E-state index < -0.39 is 11.5 Å². The lowest BCUT2D eigenvalue weighted by Gasteiger charge is -2.26. The minimum absolute atomic E-state index is 0.0775. The molecule has 1 aliphatic heterocycles. The van der Waals surface area contributed by atoms with Crippen molar-refractivity contribution in [3.63, 3.8) is 0 Å². The van der Waals surface area contributed by atoms with Crippen LogP contribution in [0.15, 0.2) is 65.6 Å². The number of nitrogens with zero attached hydrogens (tertiary/aromatic N) is 1. The second-order valence-electron chi connectivity index (χ2n) is 6.03. The van der Waals surface area contributed by atoms with Crippen LogP contribution in [0.3, 0.4) is 0 Å². The van der Waals surface area contributed by atoms with Gasteiger partial charge in [0.2, 0.25) is 0 Å². The lowest BCUT2D eigenvalue weighted by Crippen LogP contribution is -2.35. The standard InChI is InChI=1S/C20H17N3O3/c24-19(22-15-10-12-26-18-7-2-1-5-13(15)18)14-8-9-17(23-20(14)25)16-6-3-4-11-21-16/h1-9,11,15H,10,12H2,(H,22,24)(H,23,25). The number of aromatic nitrogens is 2. The number of hydrogen-bond acceptors (Lipinski definition) is 4. The van der Waals surface area contributed by atoms with Crippen LogP contribution < -0.4 is 15.6 Å². The van der Waals surface area contributed by atoms with Crippen LogP contribution in [0.1, 0.15) is 28.4 Å². The number of aromatic amines is 1. The molecule has 1 unspecified atom stereocenters. The van der Waals surface area contributed by atoms with Crippen LogP contribution in [-0.2, 0) is 0 Å². The van der Waals surface area contributed by atoms with Gasteiger partial charge in [-0.3, -0.25) is 14.6 Å². The van der Waals surface area contributed by atoms with Crippen molar-refractivity contribution >= 4 is 5.91 Å². The van der Waals surface area contributed by atoms with Crippen molar-refractivity contribution in [2.24, 2.45) is 0 Å². The van der Waals surface area contributed by atoms with Gasteiger partial charge in [-0.2, -0.15) is 0 Å². The molecule has 1 atom stereocenters. The number of carbonyl (C=O) groups excluding carboxylic acids is 1. The van der Waals surface area contributed by atoms with E-state index in [1.165, 1.54) is 6.07 Å². The first-order chi connectivity index (χ1) is 12.7. The van der Waals surface area contributed by atoms with Gasteiger partial charge in [0.05, 0.1) is 24.0 Å². The third-order valence-corrected chi connectivity index (χ3v) is 4.36. The molecule has 1 aliphatic rings. The summed E-state index contributed by atoms with van der Waals surface area (Å²) in [5, 5.41) is 2.94. The smallest absolute Gasteiger partial charge is 0.261 e.